The predicted molar refractivity (Wildman–Crippen MR) is 69.8 cm³/mol. The van der Waals surface area contributed by atoms with Crippen molar-refractivity contribution in [2.24, 2.45) is 11.7 Å². The van der Waals surface area contributed by atoms with E-state index in [-0.39, 0.29) is 12.4 Å². The molecule has 0 aliphatic heterocycles. The van der Waals surface area contributed by atoms with Crippen molar-refractivity contribution in [2.75, 3.05) is 6.54 Å². The summed E-state index contributed by atoms with van der Waals surface area (Å²) in [4.78, 5) is 0. The molecule has 0 unspecified atom stereocenters. The highest BCUT2D eigenvalue weighted by Gasteiger charge is 2.30. The topological polar surface area (TPSA) is 26.0 Å². The molecule has 1 nitrogen and oxygen atoms in total. The Morgan fingerprint density at radius 2 is 1.94 bits per heavy atom. The lowest BCUT2D eigenvalue weighted by molar-refractivity contribution is -0.137. The molecule has 0 saturated heterocycles. The average molecular weight is 282 g/mol. The lowest BCUT2D eigenvalue weighted by Gasteiger charge is -2.12. The molecule has 18 heavy (non-hydrogen) atoms. The number of nitrogens with two attached hydrogens (primary N) is 1. The molecule has 0 aliphatic rings. The maximum absolute atomic E-state index is 12.5. The molecule has 0 aliphatic carbocycles. The van der Waals surface area contributed by atoms with Gasteiger partial charge in [0.15, 0.2) is 0 Å². The minimum absolute atomic E-state index is 0. The van der Waals surface area contributed by atoms with E-state index in [0.717, 1.165) is 24.5 Å². The molecule has 0 radical (unpaired) electrons. The lowest BCUT2D eigenvalue weighted by atomic mass is 9.95. The Balaban J connectivity index is 0.00000289. The van der Waals surface area contributed by atoms with E-state index in [1.165, 1.54) is 12.1 Å². The van der Waals surface area contributed by atoms with Gasteiger partial charge in [-0.1, -0.05) is 25.1 Å². The summed E-state index contributed by atoms with van der Waals surface area (Å²) in [6, 6.07) is 5.55. The fraction of sp³-hybridized carbons (Fsp3) is 0.538. The molecule has 1 aromatic carbocycles. The van der Waals surface area contributed by atoms with Gasteiger partial charge >= 0.3 is 6.18 Å². The minimum atomic E-state index is -4.25. The standard InChI is InChI=1S/C13H18F3N.ClH/c1-10(4-3-7-17)8-11-5-2-6-12(9-11)13(14,15)16;/h2,5-6,9-10H,3-4,7-8,17H2,1H3;1H/t10-;/m1./s1. The first kappa shape index (κ1) is 17.3. The average Bonchev–Trinajstić information content (AvgIpc) is 2.25. The summed E-state index contributed by atoms with van der Waals surface area (Å²) in [5, 5.41) is 0. The van der Waals surface area contributed by atoms with Gasteiger partial charge in [-0.25, -0.2) is 0 Å². The van der Waals surface area contributed by atoms with Crippen LogP contribution in [0, 0.1) is 5.92 Å². The zero-order valence-corrected chi connectivity index (χ0v) is 11.2. The Hall–Kier alpha value is -0.740. The van der Waals surface area contributed by atoms with Crippen LogP contribution in [0.4, 0.5) is 13.2 Å². The van der Waals surface area contributed by atoms with Gasteiger partial charge < -0.3 is 5.73 Å². The highest BCUT2D eigenvalue weighted by Crippen LogP contribution is 2.30. The van der Waals surface area contributed by atoms with E-state index in [1.54, 1.807) is 6.07 Å². The number of alkyl halides is 3. The van der Waals surface area contributed by atoms with Crippen molar-refractivity contribution in [2.45, 2.75) is 32.4 Å². The first-order valence-corrected chi connectivity index (χ1v) is 5.79. The quantitative estimate of drug-likeness (QED) is 0.866. The summed E-state index contributed by atoms with van der Waals surface area (Å²) in [7, 11) is 0. The molecular formula is C13H19ClF3N. The van der Waals surface area contributed by atoms with Crippen LogP contribution in [0.15, 0.2) is 24.3 Å². The molecule has 0 bridgehead atoms. The Bertz CT molecular complexity index is 352. The highest BCUT2D eigenvalue weighted by atomic mass is 35.5. The Morgan fingerprint density at radius 1 is 1.28 bits per heavy atom. The lowest BCUT2D eigenvalue weighted by Crippen LogP contribution is -2.08. The maximum Gasteiger partial charge on any atom is 0.416 e. The van der Waals surface area contributed by atoms with Gasteiger partial charge in [0.1, 0.15) is 0 Å². The number of hydrogen-bond donors (Lipinski definition) is 1. The largest absolute Gasteiger partial charge is 0.416 e. The van der Waals surface area contributed by atoms with Gasteiger partial charge in [0.2, 0.25) is 0 Å². The van der Waals surface area contributed by atoms with E-state index in [4.69, 9.17) is 5.73 Å². The van der Waals surface area contributed by atoms with Crippen molar-refractivity contribution < 1.29 is 13.2 Å². The summed E-state index contributed by atoms with van der Waals surface area (Å²) in [5.41, 5.74) is 5.57. The Kier molecular flexibility index (Phi) is 7.33. The molecule has 2 N–H and O–H groups in total. The van der Waals surface area contributed by atoms with E-state index in [2.05, 4.69) is 0 Å². The molecule has 1 atom stereocenters. The minimum Gasteiger partial charge on any atom is -0.330 e. The van der Waals surface area contributed by atoms with Crippen LogP contribution < -0.4 is 5.73 Å². The fourth-order valence-corrected chi connectivity index (χ4v) is 1.85. The van der Waals surface area contributed by atoms with Crippen LogP contribution in [0.2, 0.25) is 0 Å². The van der Waals surface area contributed by atoms with Crippen molar-refractivity contribution >= 4 is 12.4 Å². The molecule has 1 aromatic rings. The van der Waals surface area contributed by atoms with Crippen molar-refractivity contribution in [1.82, 2.24) is 0 Å². The molecule has 104 valence electrons. The van der Waals surface area contributed by atoms with E-state index in [9.17, 15) is 13.2 Å². The van der Waals surface area contributed by atoms with E-state index in [0.29, 0.717) is 18.9 Å². The van der Waals surface area contributed by atoms with Crippen LogP contribution >= 0.6 is 12.4 Å². The predicted octanol–water partition coefficient (Wildman–Crippen LogP) is 4.04. The third-order valence-corrected chi connectivity index (χ3v) is 2.74. The van der Waals surface area contributed by atoms with E-state index in [1.807, 2.05) is 6.92 Å². The van der Waals surface area contributed by atoms with Crippen molar-refractivity contribution in [3.63, 3.8) is 0 Å². The third-order valence-electron chi connectivity index (χ3n) is 2.74. The first-order chi connectivity index (χ1) is 7.93. The van der Waals surface area contributed by atoms with Gasteiger partial charge in [0, 0.05) is 0 Å². The second kappa shape index (κ2) is 7.64. The molecular weight excluding hydrogens is 263 g/mol. The molecule has 5 heteroatoms. The second-order valence-corrected chi connectivity index (χ2v) is 4.44. The molecule has 0 spiro atoms. The summed E-state index contributed by atoms with van der Waals surface area (Å²) in [6.45, 7) is 2.67. The number of benzene rings is 1. The first-order valence-electron chi connectivity index (χ1n) is 5.79. The van der Waals surface area contributed by atoms with Crippen LogP contribution in [0.3, 0.4) is 0 Å². The smallest absolute Gasteiger partial charge is 0.330 e. The van der Waals surface area contributed by atoms with Gasteiger partial charge in [0.05, 0.1) is 5.56 Å². The molecule has 0 heterocycles. The van der Waals surface area contributed by atoms with Gasteiger partial charge in [0.25, 0.3) is 0 Å². The zero-order valence-electron chi connectivity index (χ0n) is 10.3. The number of rotatable bonds is 5. The van der Waals surface area contributed by atoms with Crippen molar-refractivity contribution in [1.29, 1.82) is 0 Å². The Labute approximate surface area is 112 Å². The molecule has 0 aromatic heterocycles. The Morgan fingerprint density at radius 3 is 2.50 bits per heavy atom. The van der Waals surface area contributed by atoms with Gasteiger partial charge in [-0.3, -0.25) is 0 Å². The van der Waals surface area contributed by atoms with Gasteiger partial charge in [-0.2, -0.15) is 13.2 Å². The maximum atomic E-state index is 12.5. The molecule has 0 saturated carbocycles. The van der Waals surface area contributed by atoms with Crippen LogP contribution in [0.25, 0.3) is 0 Å². The summed E-state index contributed by atoms with van der Waals surface area (Å²) in [5.74, 6) is 0.363. The molecule has 1 rings (SSSR count). The van der Waals surface area contributed by atoms with Crippen LogP contribution in [0.5, 0.6) is 0 Å². The summed E-state index contributed by atoms with van der Waals surface area (Å²) < 4.78 is 37.5. The van der Waals surface area contributed by atoms with Crippen LogP contribution in [-0.2, 0) is 12.6 Å². The SMILES string of the molecule is C[C@H](CCCN)Cc1cccc(C(F)(F)F)c1.Cl. The summed E-state index contributed by atoms with van der Waals surface area (Å²) in [6.07, 6.45) is -1.71. The molecule has 0 fully saturated rings. The summed E-state index contributed by atoms with van der Waals surface area (Å²) >= 11 is 0. The zero-order chi connectivity index (χ0) is 12.9. The number of halogens is 4. The van der Waals surface area contributed by atoms with E-state index >= 15 is 0 Å². The van der Waals surface area contributed by atoms with Crippen molar-refractivity contribution in [3.05, 3.63) is 35.4 Å². The van der Waals surface area contributed by atoms with Crippen molar-refractivity contribution in [3.8, 4) is 0 Å². The third kappa shape index (κ3) is 5.74. The normalized spacial score (nSPS) is 12.9. The van der Waals surface area contributed by atoms with Gasteiger partial charge in [-0.15, -0.1) is 12.4 Å². The van der Waals surface area contributed by atoms with Crippen LogP contribution in [0.1, 0.15) is 30.9 Å². The van der Waals surface area contributed by atoms with E-state index < -0.39 is 11.7 Å². The monoisotopic (exact) mass is 281 g/mol. The fourth-order valence-electron chi connectivity index (χ4n) is 1.85. The molecule has 0 amide bonds. The highest BCUT2D eigenvalue weighted by molar-refractivity contribution is 5.85. The van der Waals surface area contributed by atoms with Crippen LogP contribution in [-0.4, -0.2) is 6.54 Å². The van der Waals surface area contributed by atoms with Gasteiger partial charge in [-0.05, 0) is 43.4 Å². The second-order valence-electron chi connectivity index (χ2n) is 4.44. The number of hydrogen-bond acceptors (Lipinski definition) is 1.